The van der Waals surface area contributed by atoms with Crippen molar-refractivity contribution >= 4 is 32.0 Å². The van der Waals surface area contributed by atoms with Crippen molar-refractivity contribution in [3.05, 3.63) is 60.2 Å². The van der Waals surface area contributed by atoms with Gasteiger partial charge in [-0.3, -0.25) is 9.59 Å². The number of esters is 1. The minimum atomic E-state index is -3.88. The standard InChI is InChI=1S/C12H14FNO4S.C11H12FNO4S/c1-8-7-11(12(15)18-2)14(8)19(16,17)10-5-3-9(13)4-6-10;1-7-6-10(11(14)15)13(7)18(16,17)9-4-2-8(12)3-5-9/h3-6,8,11H,7H2,1-2H3;2-5,7,10H,6H2,1H3,(H,14,15). The highest BCUT2D eigenvalue weighted by Gasteiger charge is 2.49. The zero-order valence-corrected chi connectivity index (χ0v) is 21.7. The lowest BCUT2D eigenvalue weighted by Crippen LogP contribution is -2.60. The van der Waals surface area contributed by atoms with Crippen molar-refractivity contribution in [2.24, 2.45) is 0 Å². The van der Waals surface area contributed by atoms with E-state index in [1.54, 1.807) is 13.8 Å². The Balaban J connectivity index is 0.000000206. The van der Waals surface area contributed by atoms with Crippen molar-refractivity contribution < 1.29 is 45.0 Å². The topological polar surface area (TPSA) is 138 Å². The summed E-state index contributed by atoms with van der Waals surface area (Å²) in [4.78, 5) is 22.3. The molecule has 10 nitrogen and oxygen atoms in total. The summed E-state index contributed by atoms with van der Waals surface area (Å²) in [6.07, 6.45) is 0.711. The molecule has 2 aromatic carbocycles. The van der Waals surface area contributed by atoms with E-state index in [-0.39, 0.29) is 28.3 Å². The number of carbonyl (C=O) groups is 2. The Morgan fingerprint density at radius 1 is 0.784 bits per heavy atom. The molecule has 37 heavy (non-hydrogen) atoms. The van der Waals surface area contributed by atoms with Crippen LogP contribution >= 0.6 is 0 Å². The van der Waals surface area contributed by atoms with Gasteiger partial charge in [-0.15, -0.1) is 0 Å². The smallest absolute Gasteiger partial charge is 0.324 e. The van der Waals surface area contributed by atoms with Gasteiger partial charge in [-0.05, 0) is 75.2 Å². The summed E-state index contributed by atoms with van der Waals surface area (Å²) >= 11 is 0. The second-order valence-electron chi connectivity index (χ2n) is 8.64. The van der Waals surface area contributed by atoms with Crippen molar-refractivity contribution in [2.45, 2.75) is 60.6 Å². The van der Waals surface area contributed by atoms with Crippen molar-refractivity contribution in [1.82, 2.24) is 8.61 Å². The molecule has 2 aliphatic rings. The van der Waals surface area contributed by atoms with Crippen molar-refractivity contribution in [1.29, 1.82) is 0 Å². The van der Waals surface area contributed by atoms with Crippen LogP contribution in [0.25, 0.3) is 0 Å². The normalized spacial score (nSPS) is 24.1. The molecule has 2 aromatic rings. The molecule has 14 heteroatoms. The molecule has 4 unspecified atom stereocenters. The molecule has 0 radical (unpaired) electrons. The maximum absolute atomic E-state index is 12.8. The highest BCUT2D eigenvalue weighted by atomic mass is 32.2. The maximum Gasteiger partial charge on any atom is 0.324 e. The lowest BCUT2D eigenvalue weighted by molar-refractivity contribution is -0.150. The molecule has 2 heterocycles. The molecule has 2 saturated heterocycles. The molecule has 4 rings (SSSR count). The van der Waals surface area contributed by atoms with Crippen molar-refractivity contribution in [3.8, 4) is 0 Å². The first-order chi connectivity index (χ1) is 17.2. The lowest BCUT2D eigenvalue weighted by atomic mass is 9.99. The molecule has 2 fully saturated rings. The number of halogens is 2. The van der Waals surface area contributed by atoms with E-state index in [0.29, 0.717) is 6.42 Å². The Morgan fingerprint density at radius 3 is 1.46 bits per heavy atom. The molecule has 0 amide bonds. The first-order valence-corrected chi connectivity index (χ1v) is 14.0. The quantitative estimate of drug-likeness (QED) is 0.531. The Labute approximate surface area is 213 Å². The predicted molar refractivity (Wildman–Crippen MR) is 126 cm³/mol. The van der Waals surface area contributed by atoms with Crippen LogP contribution in [0.2, 0.25) is 0 Å². The molecular formula is C23H26F2N2O8S2. The molecule has 2 aliphatic heterocycles. The number of methoxy groups -OCH3 is 1. The highest BCUT2D eigenvalue weighted by molar-refractivity contribution is 7.89. The minimum Gasteiger partial charge on any atom is -0.480 e. The SMILES string of the molecule is CC1CC(C(=O)O)N1S(=O)(=O)c1ccc(F)cc1.COC(=O)C1CC(C)N1S(=O)(=O)c1ccc(F)cc1. The number of aliphatic carboxylic acids is 1. The first kappa shape index (κ1) is 28.6. The van der Waals surface area contributed by atoms with E-state index in [9.17, 15) is 35.2 Å². The number of carbonyl (C=O) groups excluding carboxylic acids is 1. The molecule has 0 spiro atoms. The third-order valence-corrected chi connectivity index (χ3v) is 10.2. The van der Waals surface area contributed by atoms with E-state index < -0.39 is 55.7 Å². The van der Waals surface area contributed by atoms with Gasteiger partial charge in [0.15, 0.2) is 0 Å². The number of hydrogen-bond donors (Lipinski definition) is 1. The summed E-state index contributed by atoms with van der Waals surface area (Å²) in [5, 5.41) is 8.91. The van der Waals surface area contributed by atoms with Crippen LogP contribution in [0, 0.1) is 11.6 Å². The van der Waals surface area contributed by atoms with E-state index in [0.717, 1.165) is 45.0 Å². The summed E-state index contributed by atoms with van der Waals surface area (Å²) in [6.45, 7) is 3.35. The Bertz CT molecular complexity index is 1370. The van der Waals surface area contributed by atoms with Crippen LogP contribution in [0.1, 0.15) is 26.7 Å². The largest absolute Gasteiger partial charge is 0.480 e. The number of carboxylic acid groups (broad SMARTS) is 1. The highest BCUT2D eigenvalue weighted by Crippen LogP contribution is 2.34. The summed E-state index contributed by atoms with van der Waals surface area (Å²) in [5.41, 5.74) is 0. The van der Waals surface area contributed by atoms with Crippen LogP contribution in [0.4, 0.5) is 8.78 Å². The summed E-state index contributed by atoms with van der Waals surface area (Å²) < 4.78 is 81.3. The average Bonchev–Trinajstić information content (AvgIpc) is 2.80. The summed E-state index contributed by atoms with van der Waals surface area (Å²) in [6, 6.07) is 6.39. The third-order valence-electron chi connectivity index (χ3n) is 6.15. The van der Waals surface area contributed by atoms with E-state index >= 15 is 0 Å². The Kier molecular flexibility index (Phi) is 8.37. The van der Waals surface area contributed by atoms with Gasteiger partial charge in [0.25, 0.3) is 0 Å². The van der Waals surface area contributed by atoms with Gasteiger partial charge in [-0.2, -0.15) is 8.61 Å². The van der Waals surface area contributed by atoms with Crippen LogP contribution in [0.5, 0.6) is 0 Å². The molecule has 0 aromatic heterocycles. The van der Waals surface area contributed by atoms with Gasteiger partial charge in [-0.1, -0.05) is 0 Å². The van der Waals surface area contributed by atoms with Gasteiger partial charge in [0.1, 0.15) is 23.7 Å². The van der Waals surface area contributed by atoms with Crippen LogP contribution in [-0.2, 0) is 34.4 Å². The molecule has 202 valence electrons. The van der Waals surface area contributed by atoms with Crippen molar-refractivity contribution in [3.63, 3.8) is 0 Å². The number of carboxylic acids is 1. The fourth-order valence-corrected chi connectivity index (χ4v) is 7.80. The minimum absolute atomic E-state index is 0.0330. The number of rotatable bonds is 6. The number of ether oxygens (including phenoxy) is 1. The maximum atomic E-state index is 12.8. The third kappa shape index (κ3) is 5.66. The summed E-state index contributed by atoms with van der Waals surface area (Å²) in [5.74, 6) is -2.80. The van der Waals surface area contributed by atoms with E-state index in [1.165, 1.54) is 19.2 Å². The average molecular weight is 561 g/mol. The van der Waals surface area contributed by atoms with Gasteiger partial charge in [0.05, 0.1) is 16.9 Å². The number of hydrogen-bond acceptors (Lipinski definition) is 7. The lowest BCUT2D eigenvalue weighted by Gasteiger charge is -2.43. The van der Waals surface area contributed by atoms with Crippen LogP contribution in [0.15, 0.2) is 58.3 Å². The van der Waals surface area contributed by atoms with Crippen LogP contribution in [0.3, 0.4) is 0 Å². The first-order valence-electron chi connectivity index (χ1n) is 11.1. The van der Waals surface area contributed by atoms with Gasteiger partial charge in [0.2, 0.25) is 20.0 Å². The van der Waals surface area contributed by atoms with E-state index in [4.69, 9.17) is 5.11 Å². The van der Waals surface area contributed by atoms with Crippen molar-refractivity contribution in [2.75, 3.05) is 7.11 Å². The molecule has 0 bridgehead atoms. The van der Waals surface area contributed by atoms with Crippen LogP contribution in [-0.4, -0.2) is 73.8 Å². The van der Waals surface area contributed by atoms with Gasteiger partial charge >= 0.3 is 11.9 Å². The molecular weight excluding hydrogens is 534 g/mol. The van der Waals surface area contributed by atoms with Crippen LogP contribution < -0.4 is 0 Å². The fourth-order valence-electron chi connectivity index (χ4n) is 4.21. The van der Waals surface area contributed by atoms with Gasteiger partial charge in [0, 0.05) is 12.1 Å². The number of benzene rings is 2. The second kappa shape index (κ2) is 10.8. The molecule has 4 atom stereocenters. The Hall–Kier alpha value is -2.94. The second-order valence-corrected chi connectivity index (χ2v) is 12.3. The monoisotopic (exact) mass is 560 g/mol. The summed E-state index contributed by atoms with van der Waals surface area (Å²) in [7, 11) is -6.47. The molecule has 0 aliphatic carbocycles. The molecule has 0 saturated carbocycles. The number of sulfonamides is 2. The Morgan fingerprint density at radius 2 is 1.14 bits per heavy atom. The predicted octanol–water partition coefficient (Wildman–Crippen LogP) is 2.21. The van der Waals surface area contributed by atoms with Gasteiger partial charge < -0.3 is 9.84 Å². The zero-order chi connectivity index (χ0) is 27.7. The fraction of sp³-hybridized carbons (Fsp3) is 0.391. The molecule has 1 N–H and O–H groups in total. The zero-order valence-electron chi connectivity index (χ0n) is 20.1. The number of nitrogens with zero attached hydrogens (tertiary/aromatic N) is 2. The van der Waals surface area contributed by atoms with E-state index in [1.807, 2.05) is 0 Å². The van der Waals surface area contributed by atoms with E-state index in [2.05, 4.69) is 4.74 Å². The van der Waals surface area contributed by atoms with Gasteiger partial charge in [-0.25, -0.2) is 25.6 Å².